The highest BCUT2D eigenvalue weighted by Gasteiger charge is 2.36. The van der Waals surface area contributed by atoms with Gasteiger partial charge in [0.1, 0.15) is 17.3 Å². The number of aromatic nitrogens is 7. The Labute approximate surface area is 232 Å². The highest BCUT2D eigenvalue weighted by atomic mass is 35.5. The molecule has 5 aromatic rings. The van der Waals surface area contributed by atoms with Crippen LogP contribution in [0.1, 0.15) is 30.2 Å². The van der Waals surface area contributed by atoms with Crippen molar-refractivity contribution in [3.63, 3.8) is 0 Å². The van der Waals surface area contributed by atoms with Crippen molar-refractivity contribution in [1.29, 1.82) is 0 Å². The molecule has 15 heteroatoms. The molecule has 0 fully saturated rings. The summed E-state index contributed by atoms with van der Waals surface area (Å²) in [5.74, 6) is -2.13. The second kappa shape index (κ2) is 9.51. The van der Waals surface area contributed by atoms with Crippen LogP contribution in [0.15, 0.2) is 53.5 Å². The number of aromatic amines is 1. The third-order valence-electron chi connectivity index (χ3n) is 6.89. The Hall–Kier alpha value is -4.59. The Kier molecular flexibility index (Phi) is 6.17. The number of hydrogen-bond donors (Lipinski definition) is 2. The lowest BCUT2D eigenvalue weighted by Crippen LogP contribution is -2.26. The number of nitrogens with zero attached hydrogens (tertiary/aromatic N) is 6. The van der Waals surface area contributed by atoms with Crippen molar-refractivity contribution in [2.24, 2.45) is 5.92 Å². The molecular formula is C26H18ClF5N8O. The number of alkyl halides is 3. The number of anilines is 1. The van der Waals surface area contributed by atoms with E-state index < -0.39 is 35.4 Å². The summed E-state index contributed by atoms with van der Waals surface area (Å²) in [6.07, 6.45) is -3.56. The van der Waals surface area contributed by atoms with E-state index in [1.807, 2.05) is 6.92 Å². The maximum atomic E-state index is 14.9. The molecular weight excluding hydrogens is 571 g/mol. The Morgan fingerprint density at radius 3 is 2.54 bits per heavy atom. The fraction of sp³-hybridized carbons (Fsp3) is 0.192. The Morgan fingerprint density at radius 2 is 1.83 bits per heavy atom. The van der Waals surface area contributed by atoms with Crippen LogP contribution in [0.2, 0.25) is 5.02 Å². The first-order valence-electron chi connectivity index (χ1n) is 12.1. The van der Waals surface area contributed by atoms with Crippen molar-refractivity contribution in [2.45, 2.75) is 25.6 Å². The quantitative estimate of drug-likeness (QED) is 0.220. The molecule has 6 rings (SSSR count). The average Bonchev–Trinajstić information content (AvgIpc) is 3.61. The number of halogens is 6. The maximum absolute atomic E-state index is 14.9. The molecule has 0 amide bonds. The summed E-state index contributed by atoms with van der Waals surface area (Å²) in [5, 5.41) is 7.10. The van der Waals surface area contributed by atoms with Crippen LogP contribution in [-0.4, -0.2) is 34.5 Å². The molecule has 2 atom stereocenters. The van der Waals surface area contributed by atoms with Gasteiger partial charge in [0.15, 0.2) is 5.69 Å². The van der Waals surface area contributed by atoms with Gasteiger partial charge < -0.3 is 15.3 Å². The van der Waals surface area contributed by atoms with E-state index in [1.165, 1.54) is 41.0 Å². The molecule has 5 heterocycles. The predicted octanol–water partition coefficient (Wildman–Crippen LogP) is 5.20. The van der Waals surface area contributed by atoms with E-state index in [4.69, 9.17) is 17.3 Å². The van der Waals surface area contributed by atoms with E-state index in [1.54, 1.807) is 6.07 Å². The maximum Gasteiger partial charge on any atom is 0.436 e. The van der Waals surface area contributed by atoms with E-state index in [0.29, 0.717) is 23.2 Å². The fourth-order valence-electron chi connectivity index (χ4n) is 5.12. The topological polar surface area (TPSA) is 120 Å². The van der Waals surface area contributed by atoms with Gasteiger partial charge in [-0.05, 0) is 54.3 Å². The highest BCUT2D eigenvalue weighted by Crippen LogP contribution is 2.38. The van der Waals surface area contributed by atoms with Crippen LogP contribution in [0.3, 0.4) is 0 Å². The van der Waals surface area contributed by atoms with Crippen molar-refractivity contribution in [1.82, 2.24) is 34.5 Å². The van der Waals surface area contributed by atoms with Crippen molar-refractivity contribution in [2.75, 3.05) is 5.73 Å². The fourth-order valence-corrected chi connectivity index (χ4v) is 5.30. The number of rotatable bonds is 4. The van der Waals surface area contributed by atoms with Crippen LogP contribution >= 0.6 is 11.6 Å². The molecule has 0 unspecified atom stereocenters. The standard InChI is InChI=1S/C26H18ClF5N8O/c1-11-6-14-7-12(16-9-13(27)2-4-17(16)39-10-18(37-38-39)26(30,31)32)8-20(41)40(14)22(11)25-35-21(24(29)36-25)15-3-5-19(33)34-23(15)28/h2-5,7-11,22H,6H2,1H3,(H2,33,34)(H,35,36)/t11-,22-/m0/s1. The third-order valence-corrected chi connectivity index (χ3v) is 7.13. The number of benzene rings is 1. The summed E-state index contributed by atoms with van der Waals surface area (Å²) in [6.45, 7) is 1.85. The molecule has 210 valence electrons. The minimum atomic E-state index is -4.69. The number of nitrogen functional groups attached to an aromatic ring is 1. The molecule has 0 radical (unpaired) electrons. The van der Waals surface area contributed by atoms with Gasteiger partial charge in [-0.2, -0.15) is 22.0 Å². The normalized spacial score (nSPS) is 16.8. The lowest BCUT2D eigenvalue weighted by Gasteiger charge is -2.17. The van der Waals surface area contributed by atoms with Gasteiger partial charge in [0.05, 0.1) is 23.5 Å². The van der Waals surface area contributed by atoms with Crippen LogP contribution in [-0.2, 0) is 12.6 Å². The van der Waals surface area contributed by atoms with Crippen LogP contribution in [0.5, 0.6) is 0 Å². The van der Waals surface area contributed by atoms with Crippen molar-refractivity contribution < 1.29 is 22.0 Å². The molecule has 9 nitrogen and oxygen atoms in total. The molecule has 0 aliphatic carbocycles. The Bertz CT molecular complexity index is 1880. The van der Waals surface area contributed by atoms with E-state index in [9.17, 15) is 26.7 Å². The lowest BCUT2D eigenvalue weighted by atomic mass is 10.0. The number of H-pyrrole nitrogens is 1. The van der Waals surface area contributed by atoms with Gasteiger partial charge in [-0.3, -0.25) is 4.79 Å². The smallest absolute Gasteiger partial charge is 0.384 e. The number of imidazole rings is 1. The molecule has 1 aliphatic heterocycles. The molecule has 3 N–H and O–H groups in total. The van der Waals surface area contributed by atoms with Crippen LogP contribution in [0.25, 0.3) is 28.1 Å². The first-order valence-corrected chi connectivity index (χ1v) is 12.5. The zero-order valence-corrected chi connectivity index (χ0v) is 21.7. The van der Waals surface area contributed by atoms with Gasteiger partial charge in [-0.1, -0.05) is 23.7 Å². The molecule has 0 saturated heterocycles. The van der Waals surface area contributed by atoms with Crippen LogP contribution < -0.4 is 11.3 Å². The Balaban J connectivity index is 1.42. The first kappa shape index (κ1) is 26.6. The van der Waals surface area contributed by atoms with E-state index in [2.05, 4.69) is 25.3 Å². The van der Waals surface area contributed by atoms with Crippen LogP contribution in [0, 0.1) is 17.8 Å². The van der Waals surface area contributed by atoms with Gasteiger partial charge in [0, 0.05) is 22.3 Å². The SMILES string of the molecule is C[C@H]1Cc2cc(-c3cc(Cl)ccc3-n3cc(C(F)(F)F)nn3)cc(=O)n2[C@@H]1c1nc(F)c(-c2ccc(N)nc2F)[nH]1. The monoisotopic (exact) mass is 588 g/mol. The summed E-state index contributed by atoms with van der Waals surface area (Å²) in [5.41, 5.74) is 4.98. The molecule has 1 aliphatic rings. The third kappa shape index (κ3) is 4.63. The summed E-state index contributed by atoms with van der Waals surface area (Å²) in [7, 11) is 0. The van der Waals surface area contributed by atoms with Gasteiger partial charge in [-0.25, -0.2) is 14.6 Å². The highest BCUT2D eigenvalue weighted by molar-refractivity contribution is 6.31. The van der Waals surface area contributed by atoms with Crippen molar-refractivity contribution in [3.8, 4) is 28.1 Å². The second-order valence-electron chi connectivity index (χ2n) is 9.64. The summed E-state index contributed by atoms with van der Waals surface area (Å²) < 4.78 is 71.1. The van der Waals surface area contributed by atoms with Gasteiger partial charge in [0.2, 0.25) is 11.9 Å². The zero-order chi connectivity index (χ0) is 29.2. The number of pyridine rings is 2. The van der Waals surface area contributed by atoms with E-state index in [0.717, 1.165) is 10.9 Å². The molecule has 4 aromatic heterocycles. The second-order valence-corrected chi connectivity index (χ2v) is 10.1. The largest absolute Gasteiger partial charge is 0.436 e. The number of nitrogens with one attached hydrogen (secondary N) is 1. The summed E-state index contributed by atoms with van der Waals surface area (Å²) in [6, 6.07) is 9.37. The predicted molar refractivity (Wildman–Crippen MR) is 138 cm³/mol. The van der Waals surface area contributed by atoms with Gasteiger partial charge in [-0.15, -0.1) is 5.10 Å². The summed E-state index contributed by atoms with van der Waals surface area (Å²) in [4.78, 5) is 23.8. The average molecular weight is 589 g/mol. The number of nitrogens with two attached hydrogens (primary N) is 1. The first-order chi connectivity index (χ1) is 19.4. The van der Waals surface area contributed by atoms with Crippen molar-refractivity contribution >= 4 is 17.4 Å². The molecule has 0 spiro atoms. The summed E-state index contributed by atoms with van der Waals surface area (Å²) >= 11 is 6.21. The van der Waals surface area contributed by atoms with E-state index >= 15 is 0 Å². The van der Waals surface area contributed by atoms with Crippen molar-refractivity contribution in [3.05, 3.63) is 93.1 Å². The van der Waals surface area contributed by atoms with E-state index in [-0.39, 0.29) is 39.5 Å². The van der Waals surface area contributed by atoms with Gasteiger partial charge in [0.25, 0.3) is 5.56 Å². The minimum Gasteiger partial charge on any atom is -0.384 e. The number of fused-ring (bicyclic) bond motifs is 1. The Morgan fingerprint density at radius 1 is 1.05 bits per heavy atom. The minimum absolute atomic E-state index is 0.0698. The molecule has 0 saturated carbocycles. The number of hydrogen-bond acceptors (Lipinski definition) is 6. The van der Waals surface area contributed by atoms with Gasteiger partial charge >= 0.3 is 6.18 Å². The lowest BCUT2D eigenvalue weighted by molar-refractivity contribution is -0.141. The molecule has 0 bridgehead atoms. The molecule has 41 heavy (non-hydrogen) atoms. The molecule has 1 aromatic carbocycles. The van der Waals surface area contributed by atoms with Crippen LogP contribution in [0.4, 0.5) is 27.8 Å². The zero-order valence-electron chi connectivity index (χ0n) is 20.9.